The minimum absolute atomic E-state index is 0.110. The Kier molecular flexibility index (Phi) is 6.15. The molecule has 5 aromatic rings. The van der Waals surface area contributed by atoms with Crippen LogP contribution in [-0.4, -0.2) is 35.2 Å². The summed E-state index contributed by atoms with van der Waals surface area (Å²) in [5.74, 6) is -0.133. The molecule has 2 aromatic heterocycles. The van der Waals surface area contributed by atoms with Crippen molar-refractivity contribution in [2.45, 2.75) is 13.8 Å². The van der Waals surface area contributed by atoms with Gasteiger partial charge in [-0.1, -0.05) is 12.1 Å². The summed E-state index contributed by atoms with van der Waals surface area (Å²) in [5, 5.41) is 4.99. The third-order valence-corrected chi connectivity index (χ3v) is 6.61. The van der Waals surface area contributed by atoms with Gasteiger partial charge in [0.15, 0.2) is 11.6 Å². The quantitative estimate of drug-likeness (QED) is 0.250. The van der Waals surface area contributed by atoms with Crippen LogP contribution in [0, 0.1) is 19.7 Å². The van der Waals surface area contributed by atoms with E-state index in [1.165, 1.54) is 23.0 Å². The van der Waals surface area contributed by atoms with Crippen LogP contribution in [0.15, 0.2) is 66.9 Å². The number of hydrogen-bond acceptors (Lipinski definition) is 6. The molecule has 0 fully saturated rings. The molecule has 0 aliphatic rings. The molecule has 0 bridgehead atoms. The molecule has 0 aliphatic carbocycles. The standard InChI is InChI=1S/C27H24FN5O4S/c1-15-11-22-17(12-21(15)32-38(3,35)36)13-23(31-22)26(34)19-14-30-33(27(19)29)24-9-8-18(10-16(24)2)37-25-7-5-4-6-20(25)28/h4-14,31-32H,29H2,1-3H3. The van der Waals surface area contributed by atoms with E-state index in [9.17, 15) is 17.6 Å². The number of nitrogens with one attached hydrogen (secondary N) is 2. The van der Waals surface area contributed by atoms with Crippen LogP contribution < -0.4 is 15.2 Å². The predicted octanol–water partition coefficient (Wildman–Crippen LogP) is 5.09. The van der Waals surface area contributed by atoms with Crippen molar-refractivity contribution in [3.05, 3.63) is 95.1 Å². The van der Waals surface area contributed by atoms with Crippen molar-refractivity contribution in [3.8, 4) is 17.2 Å². The van der Waals surface area contributed by atoms with Gasteiger partial charge in [-0.2, -0.15) is 5.10 Å². The van der Waals surface area contributed by atoms with Crippen molar-refractivity contribution in [2.24, 2.45) is 0 Å². The lowest BCUT2D eigenvalue weighted by Crippen LogP contribution is -2.10. The van der Waals surface area contributed by atoms with Crippen molar-refractivity contribution in [1.29, 1.82) is 0 Å². The molecule has 194 valence electrons. The number of aryl methyl sites for hydroxylation is 2. The molecule has 11 heteroatoms. The topological polar surface area (TPSA) is 132 Å². The average molecular weight is 534 g/mol. The fraction of sp³-hybridized carbons (Fsp3) is 0.111. The number of sulfonamides is 1. The van der Waals surface area contributed by atoms with Crippen molar-refractivity contribution in [3.63, 3.8) is 0 Å². The van der Waals surface area contributed by atoms with E-state index in [0.717, 1.165) is 11.8 Å². The van der Waals surface area contributed by atoms with E-state index in [0.29, 0.717) is 33.6 Å². The highest BCUT2D eigenvalue weighted by Crippen LogP contribution is 2.30. The monoisotopic (exact) mass is 533 g/mol. The minimum atomic E-state index is -3.45. The summed E-state index contributed by atoms with van der Waals surface area (Å²) in [5.41, 5.74) is 10.0. The second-order valence-electron chi connectivity index (χ2n) is 8.98. The molecule has 0 saturated carbocycles. The Morgan fingerprint density at radius 1 is 1.08 bits per heavy atom. The molecule has 0 amide bonds. The van der Waals surface area contributed by atoms with Gasteiger partial charge in [-0.25, -0.2) is 17.5 Å². The Bertz CT molecular complexity index is 1820. The molecule has 0 spiro atoms. The van der Waals surface area contributed by atoms with Crippen molar-refractivity contribution < 1.29 is 22.3 Å². The molecule has 2 heterocycles. The van der Waals surface area contributed by atoms with Crippen molar-refractivity contribution in [2.75, 3.05) is 16.7 Å². The molecule has 9 nitrogen and oxygen atoms in total. The van der Waals surface area contributed by atoms with Crippen LogP contribution >= 0.6 is 0 Å². The van der Waals surface area contributed by atoms with Crippen molar-refractivity contribution >= 4 is 38.2 Å². The second kappa shape index (κ2) is 9.34. The number of halogens is 1. The van der Waals surface area contributed by atoms with Crippen molar-refractivity contribution in [1.82, 2.24) is 14.8 Å². The summed E-state index contributed by atoms with van der Waals surface area (Å²) >= 11 is 0. The summed E-state index contributed by atoms with van der Waals surface area (Å²) in [6.07, 6.45) is 2.47. The van der Waals surface area contributed by atoms with E-state index in [1.54, 1.807) is 55.5 Å². The van der Waals surface area contributed by atoms with Crippen LogP contribution in [0.4, 0.5) is 15.9 Å². The van der Waals surface area contributed by atoms with E-state index >= 15 is 0 Å². The maximum Gasteiger partial charge on any atom is 0.229 e. The van der Waals surface area contributed by atoms with Gasteiger partial charge < -0.3 is 15.5 Å². The number of anilines is 2. The van der Waals surface area contributed by atoms with E-state index in [1.807, 2.05) is 6.92 Å². The molecular weight excluding hydrogens is 509 g/mol. The number of H-pyrrole nitrogens is 1. The second-order valence-corrected chi connectivity index (χ2v) is 10.7. The summed E-state index contributed by atoms with van der Waals surface area (Å²) in [7, 11) is -3.45. The lowest BCUT2D eigenvalue weighted by molar-refractivity contribution is 0.103. The lowest BCUT2D eigenvalue weighted by atomic mass is 10.1. The zero-order valence-corrected chi connectivity index (χ0v) is 21.6. The number of para-hydroxylation sites is 1. The first-order valence-electron chi connectivity index (χ1n) is 11.5. The van der Waals surface area contributed by atoms with Crippen LogP contribution in [0.25, 0.3) is 16.6 Å². The first kappa shape index (κ1) is 25.0. The predicted molar refractivity (Wildman–Crippen MR) is 144 cm³/mol. The van der Waals surface area contributed by atoms with Gasteiger partial charge in [0.25, 0.3) is 0 Å². The largest absolute Gasteiger partial charge is 0.454 e. The molecule has 0 unspecified atom stereocenters. The maximum atomic E-state index is 13.9. The summed E-state index contributed by atoms with van der Waals surface area (Å²) in [6, 6.07) is 16.3. The van der Waals surface area contributed by atoms with Crippen LogP contribution in [0.2, 0.25) is 0 Å². The maximum absolute atomic E-state index is 13.9. The Hall–Kier alpha value is -4.64. The molecule has 0 atom stereocenters. The van der Waals surface area contributed by atoms with Crippen LogP contribution in [0.3, 0.4) is 0 Å². The Balaban J connectivity index is 1.43. The number of nitrogens with two attached hydrogens (primary N) is 1. The molecular formula is C27H24FN5O4S. The van der Waals surface area contributed by atoms with Crippen LogP contribution in [-0.2, 0) is 10.0 Å². The Morgan fingerprint density at radius 2 is 1.84 bits per heavy atom. The number of fused-ring (bicyclic) bond motifs is 1. The smallest absolute Gasteiger partial charge is 0.229 e. The van der Waals surface area contributed by atoms with Gasteiger partial charge in [0.05, 0.1) is 35.1 Å². The highest BCUT2D eigenvalue weighted by molar-refractivity contribution is 7.92. The van der Waals surface area contributed by atoms with E-state index in [4.69, 9.17) is 10.5 Å². The van der Waals surface area contributed by atoms with Gasteiger partial charge in [-0.15, -0.1) is 0 Å². The van der Waals surface area contributed by atoms with Gasteiger partial charge in [0, 0.05) is 10.9 Å². The number of nitrogen functional groups attached to an aromatic ring is 1. The number of carbonyl (C=O) groups is 1. The number of hydrogen-bond donors (Lipinski definition) is 3. The number of ketones is 1. The molecule has 4 N–H and O–H groups in total. The first-order valence-corrected chi connectivity index (χ1v) is 13.4. The number of nitrogens with zero attached hydrogens (tertiary/aromatic N) is 2. The fourth-order valence-electron chi connectivity index (χ4n) is 4.17. The van der Waals surface area contributed by atoms with Gasteiger partial charge in [0.1, 0.15) is 11.6 Å². The number of ether oxygens (including phenoxy) is 1. The van der Waals surface area contributed by atoms with Gasteiger partial charge in [0.2, 0.25) is 15.8 Å². The summed E-state index contributed by atoms with van der Waals surface area (Å²) < 4.78 is 46.9. The van der Waals surface area contributed by atoms with Crippen LogP contribution in [0.1, 0.15) is 27.2 Å². The van der Waals surface area contributed by atoms with E-state index < -0.39 is 15.8 Å². The third-order valence-electron chi connectivity index (χ3n) is 6.02. The van der Waals surface area contributed by atoms with E-state index in [2.05, 4.69) is 14.8 Å². The third kappa shape index (κ3) is 4.83. The summed E-state index contributed by atoms with van der Waals surface area (Å²) in [4.78, 5) is 16.4. The first-order chi connectivity index (χ1) is 18.0. The zero-order chi connectivity index (χ0) is 27.2. The highest BCUT2D eigenvalue weighted by atomic mass is 32.2. The fourth-order valence-corrected chi connectivity index (χ4v) is 4.79. The molecule has 38 heavy (non-hydrogen) atoms. The Morgan fingerprint density at radius 3 is 2.55 bits per heavy atom. The number of benzene rings is 3. The SMILES string of the molecule is Cc1cc2[nH]c(C(=O)c3cnn(-c4ccc(Oc5ccccc5F)cc4C)c3N)cc2cc1NS(C)(=O)=O. The molecule has 0 aliphatic heterocycles. The Labute approximate surface area is 218 Å². The van der Waals surface area contributed by atoms with Gasteiger partial charge in [-0.05, 0) is 73.5 Å². The highest BCUT2D eigenvalue weighted by Gasteiger charge is 2.21. The minimum Gasteiger partial charge on any atom is -0.454 e. The zero-order valence-electron chi connectivity index (χ0n) is 20.7. The van der Waals surface area contributed by atoms with Gasteiger partial charge in [-0.3, -0.25) is 9.52 Å². The molecule has 3 aromatic carbocycles. The lowest BCUT2D eigenvalue weighted by Gasteiger charge is -2.12. The molecule has 5 rings (SSSR count). The summed E-state index contributed by atoms with van der Waals surface area (Å²) in [6.45, 7) is 3.60. The normalized spacial score (nSPS) is 11.6. The average Bonchev–Trinajstić information content (AvgIpc) is 3.43. The number of carbonyl (C=O) groups excluding carboxylic acids is 1. The number of aromatic nitrogens is 3. The molecule has 0 saturated heterocycles. The van der Waals surface area contributed by atoms with Gasteiger partial charge >= 0.3 is 0 Å². The number of aromatic amines is 1. The number of rotatable bonds is 7. The van der Waals surface area contributed by atoms with Crippen LogP contribution in [0.5, 0.6) is 11.5 Å². The molecule has 0 radical (unpaired) electrons. The van der Waals surface area contributed by atoms with E-state index in [-0.39, 0.29) is 28.6 Å².